The number of aromatic amines is 1. The molecule has 1 aromatic heterocycles. The number of rotatable bonds is 4. The predicted octanol–water partition coefficient (Wildman–Crippen LogP) is 0.336. The van der Waals surface area contributed by atoms with Gasteiger partial charge in [-0.3, -0.25) is 4.79 Å². The molecular weight excluding hydrogens is 296 g/mol. The quantitative estimate of drug-likeness (QED) is 0.623. The van der Waals surface area contributed by atoms with Crippen LogP contribution < -0.4 is 10.3 Å². The first-order valence-corrected chi connectivity index (χ1v) is 7.37. The number of carbonyl (C=O) groups is 1. The molecule has 0 aliphatic carbocycles. The summed E-state index contributed by atoms with van der Waals surface area (Å²) in [6, 6.07) is 10.2. The van der Waals surface area contributed by atoms with Crippen LogP contribution >= 0.6 is 0 Å². The van der Waals surface area contributed by atoms with Gasteiger partial charge < -0.3 is 9.80 Å². The summed E-state index contributed by atoms with van der Waals surface area (Å²) in [6.07, 6.45) is 0. The molecule has 0 bridgehead atoms. The van der Waals surface area contributed by atoms with E-state index in [2.05, 4.69) is 48.2 Å². The number of nitrogens with one attached hydrogen (secondary N) is 2. The van der Waals surface area contributed by atoms with Crippen molar-refractivity contribution < 1.29 is 4.79 Å². The third kappa shape index (κ3) is 3.62. The Labute approximate surface area is 133 Å². The van der Waals surface area contributed by atoms with Gasteiger partial charge in [-0.25, -0.2) is 5.43 Å². The van der Waals surface area contributed by atoms with Crippen LogP contribution in [-0.4, -0.2) is 63.3 Å². The van der Waals surface area contributed by atoms with Crippen molar-refractivity contribution in [2.75, 3.05) is 36.5 Å². The normalized spacial score (nSPS) is 15.6. The van der Waals surface area contributed by atoms with Gasteiger partial charge in [-0.15, -0.1) is 5.10 Å². The Morgan fingerprint density at radius 2 is 1.96 bits per heavy atom. The first-order valence-electron chi connectivity index (χ1n) is 7.37. The molecule has 1 amide bonds. The number of nitrogens with zero attached hydrogens (tertiary/aromatic N) is 6. The number of aromatic nitrogens is 4. The predicted molar refractivity (Wildman–Crippen MR) is 86.1 cm³/mol. The molecule has 0 atom stereocenters. The van der Waals surface area contributed by atoms with Crippen LogP contribution in [0.25, 0.3) is 0 Å². The minimum absolute atomic E-state index is 0.0892. The molecule has 0 spiro atoms. The van der Waals surface area contributed by atoms with E-state index in [4.69, 9.17) is 0 Å². The fourth-order valence-electron chi connectivity index (χ4n) is 2.43. The lowest BCUT2D eigenvalue weighted by Gasteiger charge is -2.36. The second-order valence-corrected chi connectivity index (χ2v) is 5.16. The zero-order valence-corrected chi connectivity index (χ0v) is 12.8. The highest BCUT2D eigenvalue weighted by Gasteiger charge is 2.22. The van der Waals surface area contributed by atoms with Gasteiger partial charge in [0.15, 0.2) is 0 Å². The van der Waals surface area contributed by atoms with Crippen molar-refractivity contribution in [1.82, 2.24) is 25.5 Å². The van der Waals surface area contributed by atoms with Crippen molar-refractivity contribution in [3.05, 3.63) is 30.3 Å². The van der Waals surface area contributed by atoms with E-state index in [1.54, 1.807) is 11.8 Å². The standard InChI is InChI=1S/C14H18N8O/c1-11(15-16-14-17-19-20-18-14)13(23)22-9-7-21(8-10-22)12-5-3-2-4-6-12/h2-6H,7-10H2,1H3,(H2,16,17,18,19,20). The van der Waals surface area contributed by atoms with Gasteiger partial charge in [0.25, 0.3) is 11.9 Å². The van der Waals surface area contributed by atoms with Crippen LogP contribution in [-0.2, 0) is 4.79 Å². The molecule has 2 aromatic rings. The van der Waals surface area contributed by atoms with Crippen LogP contribution in [0.15, 0.2) is 35.4 Å². The first kappa shape index (κ1) is 14.9. The summed E-state index contributed by atoms with van der Waals surface area (Å²) in [6.45, 7) is 4.62. The molecule has 9 heteroatoms. The van der Waals surface area contributed by atoms with Crippen LogP contribution in [0.5, 0.6) is 0 Å². The van der Waals surface area contributed by atoms with Gasteiger partial charge in [-0.05, 0) is 24.3 Å². The summed E-state index contributed by atoms with van der Waals surface area (Å²) >= 11 is 0. The summed E-state index contributed by atoms with van der Waals surface area (Å²) in [4.78, 5) is 16.4. The largest absolute Gasteiger partial charge is 0.368 e. The Morgan fingerprint density at radius 1 is 1.22 bits per heavy atom. The number of para-hydroxylation sites is 1. The SMILES string of the molecule is CC(=NNc1nn[nH]n1)C(=O)N1CCN(c2ccccc2)CC1. The molecule has 1 saturated heterocycles. The van der Waals surface area contributed by atoms with Gasteiger partial charge >= 0.3 is 0 Å². The lowest BCUT2D eigenvalue weighted by molar-refractivity contribution is -0.124. The Balaban J connectivity index is 1.54. The van der Waals surface area contributed by atoms with Gasteiger partial charge in [0.05, 0.1) is 0 Å². The van der Waals surface area contributed by atoms with Crippen LogP contribution in [0.4, 0.5) is 11.6 Å². The highest BCUT2D eigenvalue weighted by atomic mass is 16.2. The van der Waals surface area contributed by atoms with E-state index in [-0.39, 0.29) is 11.9 Å². The van der Waals surface area contributed by atoms with Crippen molar-refractivity contribution in [3.63, 3.8) is 0 Å². The Hall–Kier alpha value is -2.97. The maximum Gasteiger partial charge on any atom is 0.283 e. The monoisotopic (exact) mass is 314 g/mol. The van der Waals surface area contributed by atoms with Crippen molar-refractivity contribution in [1.29, 1.82) is 0 Å². The highest BCUT2D eigenvalue weighted by molar-refractivity contribution is 6.37. The summed E-state index contributed by atoms with van der Waals surface area (Å²) in [5.41, 5.74) is 4.14. The lowest BCUT2D eigenvalue weighted by Crippen LogP contribution is -2.50. The summed E-state index contributed by atoms with van der Waals surface area (Å²) in [5, 5.41) is 17.1. The van der Waals surface area contributed by atoms with E-state index in [0.29, 0.717) is 18.8 Å². The summed E-state index contributed by atoms with van der Waals surface area (Å²) < 4.78 is 0. The van der Waals surface area contributed by atoms with Gasteiger partial charge in [0.1, 0.15) is 5.71 Å². The number of carbonyl (C=O) groups excluding carboxylic acids is 1. The molecular formula is C14H18N8O. The first-order chi connectivity index (χ1) is 11.2. The number of hydrogen-bond acceptors (Lipinski definition) is 7. The minimum Gasteiger partial charge on any atom is -0.368 e. The van der Waals surface area contributed by atoms with Gasteiger partial charge in [0.2, 0.25) is 0 Å². The molecule has 2 N–H and O–H groups in total. The molecule has 23 heavy (non-hydrogen) atoms. The highest BCUT2D eigenvalue weighted by Crippen LogP contribution is 2.15. The topological polar surface area (TPSA) is 102 Å². The molecule has 1 aliphatic heterocycles. The molecule has 2 heterocycles. The van der Waals surface area contributed by atoms with Crippen molar-refractivity contribution >= 4 is 23.3 Å². The Kier molecular flexibility index (Phi) is 4.46. The number of amides is 1. The molecule has 0 unspecified atom stereocenters. The van der Waals surface area contributed by atoms with Gasteiger partial charge in [-0.2, -0.15) is 10.3 Å². The van der Waals surface area contributed by atoms with Crippen molar-refractivity contribution in [3.8, 4) is 0 Å². The zero-order valence-electron chi connectivity index (χ0n) is 12.8. The number of tetrazole rings is 1. The molecule has 0 radical (unpaired) electrons. The van der Waals surface area contributed by atoms with Gasteiger partial charge in [0, 0.05) is 31.9 Å². The lowest BCUT2D eigenvalue weighted by atomic mass is 10.2. The third-order valence-corrected chi connectivity index (χ3v) is 3.67. The third-order valence-electron chi connectivity index (χ3n) is 3.67. The van der Waals surface area contributed by atoms with E-state index in [1.165, 1.54) is 5.69 Å². The molecule has 3 rings (SSSR count). The number of anilines is 2. The average molecular weight is 314 g/mol. The molecule has 120 valence electrons. The minimum atomic E-state index is -0.0892. The zero-order chi connectivity index (χ0) is 16.1. The maximum atomic E-state index is 12.4. The molecule has 9 nitrogen and oxygen atoms in total. The van der Waals surface area contributed by atoms with E-state index < -0.39 is 0 Å². The second-order valence-electron chi connectivity index (χ2n) is 5.16. The molecule has 1 aliphatic rings. The molecule has 0 saturated carbocycles. The van der Waals surface area contributed by atoms with Crippen molar-refractivity contribution in [2.24, 2.45) is 5.10 Å². The Bertz CT molecular complexity index is 661. The van der Waals surface area contributed by atoms with Crippen LogP contribution in [0.2, 0.25) is 0 Å². The van der Waals surface area contributed by atoms with Crippen LogP contribution in [0.1, 0.15) is 6.92 Å². The molecule has 1 fully saturated rings. The van der Waals surface area contributed by atoms with Gasteiger partial charge in [-0.1, -0.05) is 23.3 Å². The van der Waals surface area contributed by atoms with E-state index in [1.807, 2.05) is 18.2 Å². The number of piperazine rings is 1. The van der Waals surface area contributed by atoms with E-state index in [0.717, 1.165) is 13.1 Å². The molecule has 1 aromatic carbocycles. The number of hydrazone groups is 1. The van der Waals surface area contributed by atoms with Crippen LogP contribution in [0.3, 0.4) is 0 Å². The number of hydrogen-bond donors (Lipinski definition) is 2. The average Bonchev–Trinajstić information content (AvgIpc) is 3.13. The second kappa shape index (κ2) is 6.86. The smallest absolute Gasteiger partial charge is 0.283 e. The fourth-order valence-corrected chi connectivity index (χ4v) is 2.43. The van der Waals surface area contributed by atoms with E-state index >= 15 is 0 Å². The Morgan fingerprint density at radius 3 is 2.61 bits per heavy atom. The van der Waals surface area contributed by atoms with Crippen LogP contribution in [0, 0.1) is 0 Å². The maximum absolute atomic E-state index is 12.4. The summed E-state index contributed by atoms with van der Waals surface area (Å²) in [5.74, 6) is 0.139. The number of benzene rings is 1. The summed E-state index contributed by atoms with van der Waals surface area (Å²) in [7, 11) is 0. The number of H-pyrrole nitrogens is 1. The fraction of sp³-hybridized carbons (Fsp3) is 0.357. The van der Waals surface area contributed by atoms with Crippen molar-refractivity contribution in [2.45, 2.75) is 6.92 Å². The van der Waals surface area contributed by atoms with E-state index in [9.17, 15) is 4.79 Å².